The van der Waals surface area contributed by atoms with Crippen molar-refractivity contribution < 1.29 is 4.79 Å². The van der Waals surface area contributed by atoms with Crippen LogP contribution in [0.15, 0.2) is 60.3 Å². The molecule has 0 unspecified atom stereocenters. The Balaban J connectivity index is 1.51. The van der Waals surface area contributed by atoms with E-state index in [1.807, 2.05) is 44.2 Å². The number of likely N-dealkylation sites (tertiary alicyclic amines) is 1. The summed E-state index contributed by atoms with van der Waals surface area (Å²) >= 11 is 0. The van der Waals surface area contributed by atoms with Crippen molar-refractivity contribution in [1.82, 2.24) is 10.2 Å². The van der Waals surface area contributed by atoms with Crippen molar-refractivity contribution >= 4 is 11.6 Å². The maximum atomic E-state index is 12.5. The lowest BCUT2D eigenvalue weighted by molar-refractivity contribution is -0.112. The molecular formula is C24H28N4O. The van der Waals surface area contributed by atoms with Crippen LogP contribution in [0.2, 0.25) is 0 Å². The minimum Gasteiger partial charge on any atom is -0.387 e. The van der Waals surface area contributed by atoms with E-state index >= 15 is 0 Å². The lowest BCUT2D eigenvalue weighted by Crippen LogP contribution is -2.40. The average Bonchev–Trinajstić information content (AvgIpc) is 2.74. The molecule has 0 spiro atoms. The number of nitriles is 1. The van der Waals surface area contributed by atoms with Gasteiger partial charge in [0, 0.05) is 37.6 Å². The van der Waals surface area contributed by atoms with Gasteiger partial charge in [-0.05, 0) is 49.4 Å². The zero-order chi connectivity index (χ0) is 20.6. The number of carbonyl (C=O) groups is 1. The van der Waals surface area contributed by atoms with Crippen LogP contribution in [0.5, 0.6) is 0 Å². The van der Waals surface area contributed by atoms with Crippen molar-refractivity contribution in [2.45, 2.75) is 39.3 Å². The summed E-state index contributed by atoms with van der Waals surface area (Å²) < 4.78 is 0. The van der Waals surface area contributed by atoms with Crippen LogP contribution < -0.4 is 10.6 Å². The molecular weight excluding hydrogens is 360 g/mol. The summed E-state index contributed by atoms with van der Waals surface area (Å²) in [5.41, 5.74) is 4.28. The second kappa shape index (κ2) is 9.90. The second-order valence-corrected chi connectivity index (χ2v) is 7.57. The van der Waals surface area contributed by atoms with Crippen LogP contribution >= 0.6 is 0 Å². The third-order valence-electron chi connectivity index (χ3n) is 5.52. The SMILES string of the molecule is Cc1cccc(NC(=O)/C(C#N)=C\NC2CCN(Cc3ccccc3)CC2)c1C. The summed E-state index contributed by atoms with van der Waals surface area (Å²) in [4.78, 5) is 14.9. The Bertz CT molecular complexity index is 906. The smallest absolute Gasteiger partial charge is 0.267 e. The predicted molar refractivity (Wildman–Crippen MR) is 116 cm³/mol. The molecule has 1 heterocycles. The van der Waals surface area contributed by atoms with Crippen LogP contribution in [0.1, 0.15) is 29.5 Å². The van der Waals surface area contributed by atoms with Gasteiger partial charge in [-0.1, -0.05) is 42.5 Å². The lowest BCUT2D eigenvalue weighted by Gasteiger charge is -2.32. The van der Waals surface area contributed by atoms with Gasteiger partial charge in [0.2, 0.25) is 0 Å². The molecule has 0 aromatic heterocycles. The van der Waals surface area contributed by atoms with Crippen LogP contribution in [0.25, 0.3) is 0 Å². The van der Waals surface area contributed by atoms with Crippen molar-refractivity contribution in [3.05, 3.63) is 77.0 Å². The predicted octanol–water partition coefficient (Wildman–Crippen LogP) is 3.90. The number of nitrogens with one attached hydrogen (secondary N) is 2. The van der Waals surface area contributed by atoms with Crippen molar-refractivity contribution in [3.63, 3.8) is 0 Å². The molecule has 150 valence electrons. The number of anilines is 1. The third-order valence-corrected chi connectivity index (χ3v) is 5.52. The molecule has 1 saturated heterocycles. The van der Waals surface area contributed by atoms with E-state index in [0.29, 0.717) is 0 Å². The molecule has 1 aliphatic rings. The number of hydrogen-bond donors (Lipinski definition) is 2. The molecule has 0 saturated carbocycles. The monoisotopic (exact) mass is 388 g/mol. The fourth-order valence-corrected chi connectivity index (χ4v) is 3.53. The Morgan fingerprint density at radius 3 is 2.55 bits per heavy atom. The van der Waals surface area contributed by atoms with Gasteiger partial charge in [0.25, 0.3) is 5.91 Å². The van der Waals surface area contributed by atoms with Crippen LogP contribution in [-0.4, -0.2) is 29.9 Å². The average molecular weight is 389 g/mol. The van der Waals surface area contributed by atoms with E-state index in [0.717, 1.165) is 49.3 Å². The maximum absolute atomic E-state index is 12.5. The Morgan fingerprint density at radius 2 is 1.86 bits per heavy atom. The zero-order valence-corrected chi connectivity index (χ0v) is 17.1. The van der Waals surface area contributed by atoms with Gasteiger partial charge in [0.1, 0.15) is 11.6 Å². The molecule has 2 N–H and O–H groups in total. The van der Waals surface area contributed by atoms with Gasteiger partial charge in [-0.3, -0.25) is 9.69 Å². The first-order valence-electron chi connectivity index (χ1n) is 10.1. The Hall–Kier alpha value is -3.10. The van der Waals surface area contributed by atoms with Gasteiger partial charge in [0.15, 0.2) is 0 Å². The Kier molecular flexibility index (Phi) is 7.04. The minimum atomic E-state index is -0.379. The first kappa shape index (κ1) is 20.6. The molecule has 1 aliphatic heterocycles. The Morgan fingerprint density at radius 1 is 1.14 bits per heavy atom. The normalized spacial score (nSPS) is 15.6. The number of piperidine rings is 1. The molecule has 3 rings (SSSR count). The van der Waals surface area contributed by atoms with Crippen LogP contribution in [0.4, 0.5) is 5.69 Å². The molecule has 0 bridgehead atoms. The van der Waals surface area contributed by atoms with E-state index in [4.69, 9.17) is 0 Å². The van der Waals surface area contributed by atoms with E-state index < -0.39 is 0 Å². The molecule has 5 heteroatoms. The largest absolute Gasteiger partial charge is 0.387 e. The quantitative estimate of drug-likeness (QED) is 0.582. The van der Waals surface area contributed by atoms with Gasteiger partial charge in [-0.2, -0.15) is 5.26 Å². The van der Waals surface area contributed by atoms with Crippen molar-refractivity contribution in [3.8, 4) is 6.07 Å². The topological polar surface area (TPSA) is 68.2 Å². The third kappa shape index (κ3) is 5.69. The number of hydrogen-bond acceptors (Lipinski definition) is 4. The number of carbonyl (C=O) groups excluding carboxylic acids is 1. The molecule has 1 fully saturated rings. The molecule has 1 amide bonds. The number of nitrogens with zero attached hydrogens (tertiary/aromatic N) is 2. The molecule has 29 heavy (non-hydrogen) atoms. The second-order valence-electron chi connectivity index (χ2n) is 7.57. The highest BCUT2D eigenvalue weighted by atomic mass is 16.1. The van der Waals surface area contributed by atoms with E-state index in [1.165, 1.54) is 5.56 Å². The van der Waals surface area contributed by atoms with Gasteiger partial charge >= 0.3 is 0 Å². The Labute approximate surface area is 173 Å². The van der Waals surface area contributed by atoms with E-state index in [-0.39, 0.29) is 17.5 Å². The molecule has 0 aliphatic carbocycles. The van der Waals surface area contributed by atoms with Crippen LogP contribution in [-0.2, 0) is 11.3 Å². The minimum absolute atomic E-state index is 0.0950. The maximum Gasteiger partial charge on any atom is 0.267 e. The summed E-state index contributed by atoms with van der Waals surface area (Å²) in [6.07, 6.45) is 3.54. The fraction of sp³-hybridized carbons (Fsp3) is 0.333. The first-order valence-corrected chi connectivity index (χ1v) is 10.1. The summed E-state index contributed by atoms with van der Waals surface area (Å²) in [5.74, 6) is -0.379. The van der Waals surface area contributed by atoms with Gasteiger partial charge < -0.3 is 10.6 Å². The summed E-state index contributed by atoms with van der Waals surface area (Å²) in [6.45, 7) is 6.92. The first-order chi connectivity index (χ1) is 14.1. The zero-order valence-electron chi connectivity index (χ0n) is 17.1. The van der Waals surface area contributed by atoms with E-state index in [1.54, 1.807) is 6.20 Å². The number of amides is 1. The van der Waals surface area contributed by atoms with Gasteiger partial charge in [-0.15, -0.1) is 0 Å². The molecule has 0 radical (unpaired) electrons. The lowest BCUT2D eigenvalue weighted by atomic mass is 10.0. The van der Waals surface area contributed by atoms with Crippen molar-refractivity contribution in [1.29, 1.82) is 5.26 Å². The van der Waals surface area contributed by atoms with E-state index in [2.05, 4.69) is 39.8 Å². The number of rotatable bonds is 6. The van der Waals surface area contributed by atoms with E-state index in [9.17, 15) is 10.1 Å². The van der Waals surface area contributed by atoms with Crippen molar-refractivity contribution in [2.24, 2.45) is 0 Å². The highest BCUT2D eigenvalue weighted by Gasteiger charge is 2.19. The standard InChI is InChI=1S/C24H28N4O/c1-18-7-6-10-23(19(18)2)27-24(29)21(15-25)16-26-22-11-13-28(14-12-22)17-20-8-4-3-5-9-20/h3-10,16,22,26H,11-14,17H2,1-2H3,(H,27,29)/b21-16-. The molecule has 0 atom stereocenters. The van der Waals surface area contributed by atoms with Gasteiger partial charge in [-0.25, -0.2) is 0 Å². The van der Waals surface area contributed by atoms with Gasteiger partial charge in [0.05, 0.1) is 0 Å². The molecule has 2 aromatic rings. The number of aryl methyl sites for hydroxylation is 1. The van der Waals surface area contributed by atoms with Crippen LogP contribution in [0, 0.1) is 25.2 Å². The van der Waals surface area contributed by atoms with Crippen molar-refractivity contribution in [2.75, 3.05) is 18.4 Å². The highest BCUT2D eigenvalue weighted by molar-refractivity contribution is 6.06. The molecule has 5 nitrogen and oxygen atoms in total. The highest BCUT2D eigenvalue weighted by Crippen LogP contribution is 2.19. The molecule has 2 aromatic carbocycles. The summed E-state index contributed by atoms with van der Waals surface area (Å²) in [6, 6.07) is 18.5. The van der Waals surface area contributed by atoms with Crippen LogP contribution in [0.3, 0.4) is 0 Å². The summed E-state index contributed by atoms with van der Waals surface area (Å²) in [5, 5.41) is 15.5. The number of benzene rings is 2. The fourth-order valence-electron chi connectivity index (χ4n) is 3.53. The summed E-state index contributed by atoms with van der Waals surface area (Å²) in [7, 11) is 0.